The summed E-state index contributed by atoms with van der Waals surface area (Å²) in [5.41, 5.74) is 0.441. The Labute approximate surface area is 181 Å². The maximum absolute atomic E-state index is 12.3. The minimum atomic E-state index is -1.09. The topological polar surface area (TPSA) is 97.8 Å². The van der Waals surface area contributed by atoms with E-state index in [4.69, 9.17) is 9.47 Å². The first kappa shape index (κ1) is 22.1. The number of nitrogens with zero attached hydrogens (tertiary/aromatic N) is 1. The lowest BCUT2D eigenvalue weighted by Gasteiger charge is -2.24. The summed E-state index contributed by atoms with van der Waals surface area (Å²) >= 11 is 0. The molecule has 2 N–H and O–H groups in total. The molecule has 1 amide bonds. The largest absolute Gasteiger partial charge is 0.491 e. The Hall–Kier alpha value is -3.61. The molecule has 1 atom stereocenters. The molecular formula is C24H26N2O5. The zero-order valence-electron chi connectivity index (χ0n) is 17.8. The second kappa shape index (κ2) is 9.47. The first-order valence-electron chi connectivity index (χ1n) is 9.99. The van der Waals surface area contributed by atoms with Crippen molar-refractivity contribution in [3.05, 3.63) is 72.1 Å². The van der Waals surface area contributed by atoms with E-state index in [-0.39, 0.29) is 17.9 Å². The monoisotopic (exact) mass is 422 g/mol. The molecule has 3 rings (SSSR count). The number of carbonyl (C=O) groups excluding carboxylic acids is 1. The molecule has 0 aliphatic rings. The van der Waals surface area contributed by atoms with Crippen molar-refractivity contribution in [1.29, 1.82) is 0 Å². The average molecular weight is 422 g/mol. The lowest BCUT2D eigenvalue weighted by atomic mass is 10.0. The summed E-state index contributed by atoms with van der Waals surface area (Å²) < 4.78 is 11.3. The van der Waals surface area contributed by atoms with Crippen molar-refractivity contribution in [2.24, 2.45) is 0 Å². The number of hydrogen-bond donors (Lipinski definition) is 2. The molecule has 7 heteroatoms. The predicted octanol–water partition coefficient (Wildman–Crippen LogP) is 4.45. The zero-order valence-corrected chi connectivity index (χ0v) is 17.8. The smallest absolute Gasteiger partial charge is 0.408 e. The Bertz CT molecular complexity index is 1060. The molecule has 1 heterocycles. The van der Waals surface area contributed by atoms with Crippen LogP contribution in [0.4, 0.5) is 4.79 Å². The molecule has 162 valence electrons. The van der Waals surface area contributed by atoms with Gasteiger partial charge in [0.2, 0.25) is 0 Å². The number of nitrogens with one attached hydrogen (secondary N) is 1. The molecule has 0 saturated heterocycles. The highest BCUT2D eigenvalue weighted by Gasteiger charge is 2.22. The minimum absolute atomic E-state index is 0.0654. The zero-order chi connectivity index (χ0) is 22.4. The summed E-state index contributed by atoms with van der Waals surface area (Å²) in [5, 5.41) is 13.8. The van der Waals surface area contributed by atoms with Crippen LogP contribution in [-0.4, -0.2) is 40.4 Å². The Kier molecular flexibility index (Phi) is 6.74. The number of fused-ring (bicyclic) bond motifs is 1. The SMILES string of the molecule is CC(C)(C)OC(=O)NC(COc1ccc2cnccc2c1C(=O)O)Cc1ccccc1. The maximum Gasteiger partial charge on any atom is 0.408 e. The Balaban J connectivity index is 1.81. The molecule has 0 spiro atoms. The van der Waals surface area contributed by atoms with Crippen LogP contribution >= 0.6 is 0 Å². The van der Waals surface area contributed by atoms with Crippen molar-refractivity contribution in [1.82, 2.24) is 10.3 Å². The van der Waals surface area contributed by atoms with Crippen molar-refractivity contribution in [2.75, 3.05) is 6.61 Å². The summed E-state index contributed by atoms with van der Waals surface area (Å²) in [4.78, 5) is 28.3. The number of aromatic nitrogens is 1. The number of pyridine rings is 1. The van der Waals surface area contributed by atoms with Crippen LogP contribution in [0.3, 0.4) is 0 Å². The number of hydrogen-bond acceptors (Lipinski definition) is 5. The lowest BCUT2D eigenvalue weighted by Crippen LogP contribution is -2.43. The molecule has 2 aromatic carbocycles. The van der Waals surface area contributed by atoms with Gasteiger partial charge in [0.1, 0.15) is 23.5 Å². The first-order chi connectivity index (χ1) is 14.7. The van der Waals surface area contributed by atoms with E-state index in [9.17, 15) is 14.7 Å². The molecule has 0 fully saturated rings. The fraction of sp³-hybridized carbons (Fsp3) is 0.292. The summed E-state index contributed by atoms with van der Waals surface area (Å²) in [6, 6.07) is 14.3. The van der Waals surface area contributed by atoms with E-state index in [2.05, 4.69) is 10.3 Å². The number of carboxylic acids is 1. The second-order valence-corrected chi connectivity index (χ2v) is 8.18. The normalized spacial score (nSPS) is 12.2. The maximum atomic E-state index is 12.3. The van der Waals surface area contributed by atoms with E-state index in [1.54, 1.807) is 51.4 Å². The standard InChI is InChI=1S/C24H26N2O5/c1-24(2,3)31-23(29)26-18(13-16-7-5-4-6-8-16)15-30-20-10-9-17-14-25-12-11-19(17)21(20)22(27)28/h4-12,14,18H,13,15H2,1-3H3,(H,26,29)(H,27,28). The molecule has 3 aromatic rings. The highest BCUT2D eigenvalue weighted by atomic mass is 16.6. The molecule has 1 aromatic heterocycles. The van der Waals surface area contributed by atoms with Crippen molar-refractivity contribution in [2.45, 2.75) is 38.8 Å². The van der Waals surface area contributed by atoms with Crippen LogP contribution in [-0.2, 0) is 11.2 Å². The molecule has 0 saturated carbocycles. The van der Waals surface area contributed by atoms with Crippen LogP contribution in [0.2, 0.25) is 0 Å². The number of carboxylic acid groups (broad SMARTS) is 1. The quantitative estimate of drug-likeness (QED) is 0.584. The van der Waals surface area contributed by atoms with Crippen molar-refractivity contribution in [3.63, 3.8) is 0 Å². The number of benzene rings is 2. The van der Waals surface area contributed by atoms with Crippen molar-refractivity contribution >= 4 is 22.8 Å². The summed E-state index contributed by atoms with van der Waals surface area (Å²) in [7, 11) is 0. The Morgan fingerprint density at radius 3 is 2.52 bits per heavy atom. The third-order valence-corrected chi connectivity index (χ3v) is 4.48. The lowest BCUT2D eigenvalue weighted by molar-refractivity contribution is 0.0485. The molecule has 0 aliphatic carbocycles. The molecule has 0 bridgehead atoms. The Morgan fingerprint density at radius 2 is 1.84 bits per heavy atom. The third kappa shape index (κ3) is 6.18. The fourth-order valence-electron chi connectivity index (χ4n) is 3.20. The van der Waals surface area contributed by atoms with Gasteiger partial charge in [-0.05, 0) is 51.0 Å². The van der Waals surface area contributed by atoms with E-state index in [0.717, 1.165) is 5.56 Å². The molecule has 1 unspecified atom stereocenters. The van der Waals surface area contributed by atoms with Crippen LogP contribution in [0.1, 0.15) is 36.7 Å². The first-order valence-corrected chi connectivity index (χ1v) is 9.99. The highest BCUT2D eigenvalue weighted by Crippen LogP contribution is 2.28. The number of carbonyl (C=O) groups is 2. The van der Waals surface area contributed by atoms with Gasteiger partial charge >= 0.3 is 12.1 Å². The molecule has 31 heavy (non-hydrogen) atoms. The van der Waals surface area contributed by atoms with Crippen LogP contribution in [0.15, 0.2) is 60.9 Å². The minimum Gasteiger partial charge on any atom is -0.491 e. The van der Waals surface area contributed by atoms with E-state index >= 15 is 0 Å². The van der Waals surface area contributed by atoms with Crippen LogP contribution in [0.5, 0.6) is 5.75 Å². The van der Waals surface area contributed by atoms with Crippen molar-refractivity contribution < 1.29 is 24.2 Å². The van der Waals surface area contributed by atoms with Gasteiger partial charge in [0.25, 0.3) is 0 Å². The molecule has 0 aliphatic heterocycles. The van der Waals surface area contributed by atoms with Gasteiger partial charge in [-0.25, -0.2) is 9.59 Å². The van der Waals surface area contributed by atoms with Gasteiger partial charge in [-0.1, -0.05) is 30.3 Å². The fourth-order valence-corrected chi connectivity index (χ4v) is 3.20. The summed E-state index contributed by atoms with van der Waals surface area (Å²) in [6.07, 6.45) is 3.09. The number of amides is 1. The van der Waals surface area contributed by atoms with Gasteiger partial charge in [-0.2, -0.15) is 0 Å². The Morgan fingerprint density at radius 1 is 1.10 bits per heavy atom. The van der Waals surface area contributed by atoms with Gasteiger partial charge in [0.05, 0.1) is 6.04 Å². The highest BCUT2D eigenvalue weighted by molar-refractivity contribution is 6.06. The van der Waals surface area contributed by atoms with Gasteiger partial charge in [0, 0.05) is 23.2 Å². The van der Waals surface area contributed by atoms with Gasteiger partial charge in [-0.15, -0.1) is 0 Å². The number of aromatic carboxylic acids is 1. The average Bonchev–Trinajstić information content (AvgIpc) is 2.70. The summed E-state index contributed by atoms with van der Waals surface area (Å²) in [6.45, 7) is 5.44. The van der Waals surface area contributed by atoms with Gasteiger partial charge in [-0.3, -0.25) is 4.98 Å². The van der Waals surface area contributed by atoms with E-state index < -0.39 is 23.7 Å². The summed E-state index contributed by atoms with van der Waals surface area (Å²) in [5.74, 6) is -0.859. The molecule has 0 radical (unpaired) electrons. The number of ether oxygens (including phenoxy) is 2. The molecular weight excluding hydrogens is 396 g/mol. The van der Waals surface area contributed by atoms with Gasteiger partial charge < -0.3 is 19.9 Å². The van der Waals surface area contributed by atoms with E-state index in [1.807, 2.05) is 30.3 Å². The molecule has 7 nitrogen and oxygen atoms in total. The predicted molar refractivity (Wildman–Crippen MR) is 118 cm³/mol. The van der Waals surface area contributed by atoms with E-state index in [1.165, 1.54) is 0 Å². The number of alkyl carbamates (subject to hydrolysis) is 1. The van der Waals surface area contributed by atoms with Crippen molar-refractivity contribution in [3.8, 4) is 5.75 Å². The van der Waals surface area contributed by atoms with Crippen LogP contribution in [0.25, 0.3) is 10.8 Å². The number of rotatable bonds is 7. The van der Waals surface area contributed by atoms with Crippen LogP contribution < -0.4 is 10.1 Å². The second-order valence-electron chi connectivity index (χ2n) is 8.18. The third-order valence-electron chi connectivity index (χ3n) is 4.48. The van der Waals surface area contributed by atoms with Crippen LogP contribution in [0, 0.1) is 0 Å². The van der Waals surface area contributed by atoms with Gasteiger partial charge in [0.15, 0.2) is 0 Å². The van der Waals surface area contributed by atoms with E-state index in [0.29, 0.717) is 17.2 Å².